The van der Waals surface area contributed by atoms with Crippen LogP contribution in [0.3, 0.4) is 0 Å². The van der Waals surface area contributed by atoms with Gasteiger partial charge in [0.05, 0.1) is 22.2 Å². The van der Waals surface area contributed by atoms with Crippen LogP contribution < -0.4 is 0 Å². The number of likely N-dealkylation sites (tertiary alicyclic amines) is 1. The zero-order valence-electron chi connectivity index (χ0n) is 13.6. The van der Waals surface area contributed by atoms with E-state index in [0.29, 0.717) is 5.41 Å². The molecule has 2 aromatic rings. The van der Waals surface area contributed by atoms with Crippen LogP contribution in [0.25, 0.3) is 10.6 Å². The Morgan fingerprint density at radius 2 is 2.04 bits per heavy atom. The van der Waals surface area contributed by atoms with E-state index in [9.17, 15) is 4.79 Å². The second-order valence-electron chi connectivity index (χ2n) is 7.21. The highest BCUT2D eigenvalue weighted by Crippen LogP contribution is 2.52. The Balaban J connectivity index is 1.35. The van der Waals surface area contributed by atoms with Crippen molar-refractivity contribution in [1.82, 2.24) is 9.88 Å². The summed E-state index contributed by atoms with van der Waals surface area (Å²) in [5, 5.41) is 11.2. The first-order valence-electron chi connectivity index (χ1n) is 8.59. The molecular formula is C19H22N2O2S. The van der Waals surface area contributed by atoms with Crippen molar-refractivity contribution in [3.05, 3.63) is 41.4 Å². The van der Waals surface area contributed by atoms with Gasteiger partial charge in [-0.3, -0.25) is 14.7 Å². The van der Waals surface area contributed by atoms with E-state index in [2.05, 4.69) is 40.6 Å². The summed E-state index contributed by atoms with van der Waals surface area (Å²) in [6.45, 7) is 2.99. The molecule has 4 nitrogen and oxygen atoms in total. The maximum absolute atomic E-state index is 11.0. The SMILES string of the molecule is O=C(O)C1CC2(CCN(Cc3cccc(-c4cccs4)n3)CC2)C1. The average molecular weight is 342 g/mol. The highest BCUT2D eigenvalue weighted by atomic mass is 32.1. The van der Waals surface area contributed by atoms with Gasteiger partial charge in [0.25, 0.3) is 0 Å². The summed E-state index contributed by atoms with van der Waals surface area (Å²) in [6, 6.07) is 10.4. The number of hydrogen-bond acceptors (Lipinski definition) is 4. The van der Waals surface area contributed by atoms with Crippen molar-refractivity contribution in [2.45, 2.75) is 32.2 Å². The van der Waals surface area contributed by atoms with E-state index in [1.807, 2.05) is 0 Å². The Bertz CT molecular complexity index is 713. The Hall–Kier alpha value is -1.72. The van der Waals surface area contributed by atoms with Gasteiger partial charge in [-0.25, -0.2) is 0 Å². The first kappa shape index (κ1) is 15.8. The highest BCUT2D eigenvalue weighted by molar-refractivity contribution is 7.13. The number of carbonyl (C=O) groups is 1. The first-order valence-corrected chi connectivity index (χ1v) is 9.47. The first-order chi connectivity index (χ1) is 11.6. The van der Waals surface area contributed by atoms with Crippen LogP contribution in [0.2, 0.25) is 0 Å². The van der Waals surface area contributed by atoms with Crippen molar-refractivity contribution < 1.29 is 9.90 Å². The minimum Gasteiger partial charge on any atom is -0.481 e. The van der Waals surface area contributed by atoms with Gasteiger partial charge in [0.2, 0.25) is 0 Å². The molecule has 2 fully saturated rings. The molecule has 5 heteroatoms. The second kappa shape index (κ2) is 6.30. The summed E-state index contributed by atoms with van der Waals surface area (Å²) in [5.74, 6) is -0.710. The van der Waals surface area contributed by atoms with Crippen molar-refractivity contribution in [2.24, 2.45) is 11.3 Å². The van der Waals surface area contributed by atoms with Gasteiger partial charge >= 0.3 is 5.97 Å². The standard InChI is InChI=1S/C19H22N2O2S/c22-18(23)14-11-19(12-14)6-8-21(9-7-19)13-15-3-1-4-16(20-15)17-5-2-10-24-17/h1-5,10,14H,6-9,11-13H2,(H,22,23). The molecule has 1 aliphatic heterocycles. The smallest absolute Gasteiger partial charge is 0.306 e. The predicted octanol–water partition coefficient (Wildman–Crippen LogP) is 3.89. The fourth-order valence-electron chi connectivity index (χ4n) is 4.11. The van der Waals surface area contributed by atoms with Crippen molar-refractivity contribution in [3.8, 4) is 10.6 Å². The molecule has 0 radical (unpaired) electrons. The zero-order valence-corrected chi connectivity index (χ0v) is 14.5. The predicted molar refractivity (Wildman–Crippen MR) is 94.9 cm³/mol. The van der Waals surface area contributed by atoms with Crippen LogP contribution >= 0.6 is 11.3 Å². The summed E-state index contributed by atoms with van der Waals surface area (Å²) >= 11 is 1.72. The number of hydrogen-bond donors (Lipinski definition) is 1. The molecule has 0 aromatic carbocycles. The molecule has 2 aromatic heterocycles. The molecule has 1 saturated heterocycles. The van der Waals surface area contributed by atoms with E-state index in [1.54, 1.807) is 11.3 Å². The number of nitrogens with zero attached hydrogens (tertiary/aromatic N) is 2. The van der Waals surface area contributed by atoms with Gasteiger partial charge in [0.15, 0.2) is 0 Å². The molecule has 1 saturated carbocycles. The lowest BCUT2D eigenvalue weighted by molar-refractivity contribution is -0.152. The summed E-state index contributed by atoms with van der Waals surface area (Å²) in [7, 11) is 0. The number of thiophene rings is 1. The third-order valence-electron chi connectivity index (χ3n) is 5.59. The Kier molecular flexibility index (Phi) is 4.14. The Morgan fingerprint density at radius 3 is 2.71 bits per heavy atom. The van der Waals surface area contributed by atoms with Crippen molar-refractivity contribution in [3.63, 3.8) is 0 Å². The van der Waals surface area contributed by atoms with Gasteiger partial charge in [-0.15, -0.1) is 11.3 Å². The van der Waals surface area contributed by atoms with Gasteiger partial charge in [-0.1, -0.05) is 12.1 Å². The van der Waals surface area contributed by atoms with Gasteiger partial charge in [-0.2, -0.15) is 0 Å². The molecular weight excluding hydrogens is 320 g/mol. The normalized spacial score (nSPS) is 20.8. The number of aliphatic carboxylic acids is 1. The molecule has 126 valence electrons. The van der Waals surface area contributed by atoms with Crippen LogP contribution in [-0.4, -0.2) is 34.0 Å². The molecule has 3 heterocycles. The van der Waals surface area contributed by atoms with Crippen molar-refractivity contribution >= 4 is 17.3 Å². The Labute approximate surface area is 146 Å². The average Bonchev–Trinajstić information content (AvgIpc) is 3.08. The van der Waals surface area contributed by atoms with E-state index in [1.165, 1.54) is 4.88 Å². The fourth-order valence-corrected chi connectivity index (χ4v) is 4.81. The quantitative estimate of drug-likeness (QED) is 0.916. The summed E-state index contributed by atoms with van der Waals surface area (Å²) in [4.78, 5) is 19.5. The molecule has 1 spiro atoms. The van der Waals surface area contributed by atoms with Crippen LogP contribution in [0.4, 0.5) is 0 Å². The second-order valence-corrected chi connectivity index (χ2v) is 8.16. The maximum Gasteiger partial charge on any atom is 0.306 e. The Morgan fingerprint density at radius 1 is 1.25 bits per heavy atom. The molecule has 2 aliphatic rings. The zero-order chi connectivity index (χ0) is 16.6. The van der Waals surface area contributed by atoms with E-state index in [-0.39, 0.29) is 5.92 Å². The molecule has 1 aliphatic carbocycles. The van der Waals surface area contributed by atoms with E-state index in [4.69, 9.17) is 10.1 Å². The van der Waals surface area contributed by atoms with Gasteiger partial charge in [0, 0.05) is 6.54 Å². The minimum absolute atomic E-state index is 0.0966. The van der Waals surface area contributed by atoms with Gasteiger partial charge in [-0.05, 0) is 67.8 Å². The fraction of sp³-hybridized carbons (Fsp3) is 0.474. The van der Waals surface area contributed by atoms with E-state index in [0.717, 1.165) is 56.7 Å². The van der Waals surface area contributed by atoms with Crippen molar-refractivity contribution in [2.75, 3.05) is 13.1 Å². The molecule has 4 rings (SSSR count). The van der Waals surface area contributed by atoms with Gasteiger partial charge in [0.1, 0.15) is 0 Å². The maximum atomic E-state index is 11.0. The summed E-state index contributed by atoms with van der Waals surface area (Å²) in [5.41, 5.74) is 2.49. The third kappa shape index (κ3) is 3.10. The number of piperidine rings is 1. The molecule has 0 unspecified atom stereocenters. The summed E-state index contributed by atoms with van der Waals surface area (Å²) < 4.78 is 0. The van der Waals surface area contributed by atoms with Crippen molar-refractivity contribution in [1.29, 1.82) is 0 Å². The van der Waals surface area contributed by atoms with Crippen LogP contribution in [0.15, 0.2) is 35.7 Å². The summed E-state index contributed by atoms with van der Waals surface area (Å²) in [6.07, 6.45) is 4.01. The minimum atomic E-state index is -0.613. The number of carboxylic acids is 1. The third-order valence-corrected chi connectivity index (χ3v) is 6.48. The molecule has 0 bridgehead atoms. The van der Waals surface area contributed by atoms with Crippen LogP contribution in [-0.2, 0) is 11.3 Å². The number of carboxylic acid groups (broad SMARTS) is 1. The van der Waals surface area contributed by atoms with Crippen LogP contribution in [0.1, 0.15) is 31.4 Å². The molecule has 24 heavy (non-hydrogen) atoms. The molecule has 0 amide bonds. The van der Waals surface area contributed by atoms with Crippen LogP contribution in [0, 0.1) is 11.3 Å². The van der Waals surface area contributed by atoms with E-state index < -0.39 is 5.97 Å². The lowest BCUT2D eigenvalue weighted by atomic mass is 9.57. The monoisotopic (exact) mass is 342 g/mol. The highest BCUT2D eigenvalue weighted by Gasteiger charge is 2.48. The number of aromatic nitrogens is 1. The molecule has 0 atom stereocenters. The van der Waals surface area contributed by atoms with Crippen LogP contribution in [0.5, 0.6) is 0 Å². The topological polar surface area (TPSA) is 53.4 Å². The lowest BCUT2D eigenvalue weighted by Gasteiger charge is -2.50. The van der Waals surface area contributed by atoms with Gasteiger partial charge < -0.3 is 5.11 Å². The van der Waals surface area contributed by atoms with E-state index >= 15 is 0 Å². The largest absolute Gasteiger partial charge is 0.481 e. The number of pyridine rings is 1. The number of rotatable bonds is 4. The molecule has 1 N–H and O–H groups in total. The lowest BCUT2D eigenvalue weighted by Crippen LogP contribution is -2.48.